The lowest BCUT2D eigenvalue weighted by atomic mass is 10.0. The third-order valence-electron chi connectivity index (χ3n) is 7.11. The first kappa shape index (κ1) is 25.6. The zero-order valence-electron chi connectivity index (χ0n) is 21.6. The fraction of sp³-hybridized carbons (Fsp3) is 0.333. The number of aryl methyl sites for hydroxylation is 1. The molecule has 2 amide bonds. The number of aromatic nitrogens is 3. The van der Waals surface area contributed by atoms with E-state index in [1.54, 1.807) is 9.58 Å². The standard InChI is InChI=1S/C30H33N5O3/c1-22-10-5-6-11-23(22)17-18-34(28(36)21-35-27-16-8-7-15-26(27)32-33-35)29(24-12-3-2-4-13-24)30(37)31-20-25-14-9-19-38-25/h2-8,10-13,15-16,25,29H,9,14,17-21H2,1H3,(H,31,37). The molecule has 3 aromatic carbocycles. The summed E-state index contributed by atoms with van der Waals surface area (Å²) >= 11 is 0. The smallest absolute Gasteiger partial charge is 0.247 e. The molecule has 2 atom stereocenters. The molecule has 2 unspecified atom stereocenters. The number of nitrogens with zero attached hydrogens (tertiary/aromatic N) is 4. The van der Waals surface area contributed by atoms with Crippen molar-refractivity contribution < 1.29 is 14.3 Å². The summed E-state index contributed by atoms with van der Waals surface area (Å²) in [5.74, 6) is -0.413. The summed E-state index contributed by atoms with van der Waals surface area (Å²) < 4.78 is 7.31. The molecular weight excluding hydrogens is 478 g/mol. The SMILES string of the molecule is Cc1ccccc1CCN(C(=O)Cn1nnc2ccccc21)C(C(=O)NCC1CCCO1)c1ccccc1. The van der Waals surface area contributed by atoms with Gasteiger partial charge in [-0.15, -0.1) is 5.10 Å². The summed E-state index contributed by atoms with van der Waals surface area (Å²) in [6.45, 7) is 3.57. The number of nitrogens with one attached hydrogen (secondary N) is 1. The third kappa shape index (κ3) is 5.92. The minimum absolute atomic E-state index is 0.00741. The Morgan fingerprint density at radius 3 is 2.61 bits per heavy atom. The van der Waals surface area contributed by atoms with Crippen LogP contribution in [-0.4, -0.2) is 57.5 Å². The Morgan fingerprint density at radius 2 is 1.82 bits per heavy atom. The molecule has 196 valence electrons. The Balaban J connectivity index is 1.45. The lowest BCUT2D eigenvalue weighted by molar-refractivity contribution is -0.141. The van der Waals surface area contributed by atoms with Gasteiger partial charge in [0, 0.05) is 19.7 Å². The highest BCUT2D eigenvalue weighted by Crippen LogP contribution is 2.24. The molecule has 0 spiro atoms. The Bertz CT molecular complexity index is 1380. The zero-order chi connectivity index (χ0) is 26.3. The van der Waals surface area contributed by atoms with Crippen LogP contribution in [0.15, 0.2) is 78.9 Å². The number of para-hydroxylation sites is 1. The first-order valence-electron chi connectivity index (χ1n) is 13.2. The van der Waals surface area contributed by atoms with Crippen molar-refractivity contribution in [1.82, 2.24) is 25.2 Å². The number of carbonyl (C=O) groups is 2. The molecule has 0 saturated carbocycles. The van der Waals surface area contributed by atoms with Crippen LogP contribution in [0.2, 0.25) is 0 Å². The minimum atomic E-state index is -0.788. The Labute approximate surface area is 222 Å². The molecule has 4 aromatic rings. The van der Waals surface area contributed by atoms with Gasteiger partial charge in [0.25, 0.3) is 0 Å². The molecule has 1 aromatic heterocycles. The Morgan fingerprint density at radius 1 is 1.05 bits per heavy atom. The second-order valence-electron chi connectivity index (χ2n) is 9.69. The van der Waals surface area contributed by atoms with Gasteiger partial charge in [-0.2, -0.15) is 0 Å². The van der Waals surface area contributed by atoms with E-state index in [0.29, 0.717) is 19.5 Å². The maximum atomic E-state index is 14.0. The summed E-state index contributed by atoms with van der Waals surface area (Å²) in [5, 5.41) is 11.5. The molecule has 5 rings (SSSR count). The highest BCUT2D eigenvalue weighted by molar-refractivity contribution is 5.89. The van der Waals surface area contributed by atoms with Crippen LogP contribution in [-0.2, 0) is 27.3 Å². The first-order valence-corrected chi connectivity index (χ1v) is 13.2. The predicted octanol–water partition coefficient (Wildman–Crippen LogP) is 3.85. The van der Waals surface area contributed by atoms with Crippen LogP contribution in [0.5, 0.6) is 0 Å². The number of hydrogen-bond acceptors (Lipinski definition) is 5. The van der Waals surface area contributed by atoms with Crippen LogP contribution < -0.4 is 5.32 Å². The van der Waals surface area contributed by atoms with E-state index in [4.69, 9.17) is 4.74 Å². The van der Waals surface area contributed by atoms with Crippen molar-refractivity contribution in [3.05, 3.63) is 95.6 Å². The summed E-state index contributed by atoms with van der Waals surface area (Å²) in [5.41, 5.74) is 4.56. The van der Waals surface area contributed by atoms with Crippen molar-refractivity contribution in [3.63, 3.8) is 0 Å². The second-order valence-corrected chi connectivity index (χ2v) is 9.69. The van der Waals surface area contributed by atoms with Gasteiger partial charge >= 0.3 is 0 Å². The summed E-state index contributed by atoms with van der Waals surface area (Å²) in [6, 6.07) is 24.4. The van der Waals surface area contributed by atoms with Gasteiger partial charge < -0.3 is 15.0 Å². The molecule has 0 bridgehead atoms. The van der Waals surface area contributed by atoms with E-state index in [0.717, 1.165) is 47.2 Å². The molecule has 2 heterocycles. The summed E-state index contributed by atoms with van der Waals surface area (Å²) in [4.78, 5) is 29.4. The van der Waals surface area contributed by atoms with Crippen LogP contribution in [0.4, 0.5) is 0 Å². The average Bonchev–Trinajstić information content (AvgIpc) is 3.61. The van der Waals surface area contributed by atoms with E-state index in [9.17, 15) is 9.59 Å². The molecule has 8 heteroatoms. The number of ether oxygens (including phenoxy) is 1. The highest BCUT2D eigenvalue weighted by Gasteiger charge is 2.32. The predicted molar refractivity (Wildman–Crippen MR) is 145 cm³/mol. The normalized spacial score (nSPS) is 15.9. The highest BCUT2D eigenvalue weighted by atomic mass is 16.5. The average molecular weight is 512 g/mol. The molecule has 1 saturated heterocycles. The first-order chi connectivity index (χ1) is 18.6. The van der Waals surface area contributed by atoms with Crippen LogP contribution in [0.25, 0.3) is 11.0 Å². The summed E-state index contributed by atoms with van der Waals surface area (Å²) in [7, 11) is 0. The van der Waals surface area contributed by atoms with Gasteiger partial charge in [0.1, 0.15) is 18.1 Å². The van der Waals surface area contributed by atoms with E-state index in [-0.39, 0.29) is 24.5 Å². The fourth-order valence-electron chi connectivity index (χ4n) is 5.01. The van der Waals surface area contributed by atoms with Gasteiger partial charge in [-0.05, 0) is 55.0 Å². The van der Waals surface area contributed by atoms with E-state index >= 15 is 0 Å². The molecule has 1 fully saturated rings. The number of hydrogen-bond donors (Lipinski definition) is 1. The fourth-order valence-corrected chi connectivity index (χ4v) is 5.01. The largest absolute Gasteiger partial charge is 0.376 e. The number of benzene rings is 3. The number of carbonyl (C=O) groups excluding carboxylic acids is 2. The zero-order valence-corrected chi connectivity index (χ0v) is 21.6. The molecule has 1 N–H and O–H groups in total. The monoisotopic (exact) mass is 511 g/mol. The van der Waals surface area contributed by atoms with Gasteiger partial charge in [0.2, 0.25) is 11.8 Å². The maximum absolute atomic E-state index is 14.0. The Kier molecular flexibility index (Phi) is 8.09. The van der Waals surface area contributed by atoms with Crippen molar-refractivity contribution in [2.45, 2.75) is 44.9 Å². The van der Waals surface area contributed by atoms with Crippen molar-refractivity contribution in [2.75, 3.05) is 19.7 Å². The second kappa shape index (κ2) is 12.0. The van der Waals surface area contributed by atoms with E-state index < -0.39 is 6.04 Å². The van der Waals surface area contributed by atoms with Gasteiger partial charge in [-0.1, -0.05) is 71.9 Å². The molecular formula is C30H33N5O3. The molecule has 8 nitrogen and oxygen atoms in total. The van der Waals surface area contributed by atoms with Gasteiger partial charge in [0.05, 0.1) is 11.6 Å². The van der Waals surface area contributed by atoms with E-state index in [1.165, 1.54) is 0 Å². The van der Waals surface area contributed by atoms with Gasteiger partial charge in [0.15, 0.2) is 0 Å². The lowest BCUT2D eigenvalue weighted by Crippen LogP contribution is -2.47. The van der Waals surface area contributed by atoms with E-state index in [2.05, 4.69) is 34.7 Å². The maximum Gasteiger partial charge on any atom is 0.247 e. The van der Waals surface area contributed by atoms with Crippen molar-refractivity contribution in [3.8, 4) is 0 Å². The van der Waals surface area contributed by atoms with Crippen molar-refractivity contribution >= 4 is 22.8 Å². The van der Waals surface area contributed by atoms with E-state index in [1.807, 2.05) is 66.7 Å². The van der Waals surface area contributed by atoms with Crippen LogP contribution in [0.1, 0.15) is 35.6 Å². The molecule has 0 aliphatic carbocycles. The van der Waals surface area contributed by atoms with Crippen LogP contribution >= 0.6 is 0 Å². The summed E-state index contributed by atoms with van der Waals surface area (Å²) in [6.07, 6.45) is 2.55. The van der Waals surface area contributed by atoms with Crippen LogP contribution in [0, 0.1) is 6.92 Å². The van der Waals surface area contributed by atoms with Crippen molar-refractivity contribution in [2.24, 2.45) is 0 Å². The third-order valence-corrected chi connectivity index (χ3v) is 7.11. The molecule has 1 aliphatic rings. The van der Waals surface area contributed by atoms with Crippen LogP contribution in [0.3, 0.4) is 0 Å². The molecule has 38 heavy (non-hydrogen) atoms. The molecule has 0 radical (unpaired) electrons. The van der Waals surface area contributed by atoms with Gasteiger partial charge in [-0.25, -0.2) is 4.68 Å². The minimum Gasteiger partial charge on any atom is -0.376 e. The quantitative estimate of drug-likeness (QED) is 0.349. The number of fused-ring (bicyclic) bond motifs is 1. The topological polar surface area (TPSA) is 89.4 Å². The number of amides is 2. The Hall–Kier alpha value is -4.04. The number of rotatable bonds is 10. The lowest BCUT2D eigenvalue weighted by Gasteiger charge is -2.32. The molecule has 1 aliphatic heterocycles. The van der Waals surface area contributed by atoms with Gasteiger partial charge in [-0.3, -0.25) is 9.59 Å². The van der Waals surface area contributed by atoms with Crippen molar-refractivity contribution in [1.29, 1.82) is 0 Å².